The molecule has 15 heavy (non-hydrogen) atoms. The van der Waals surface area contributed by atoms with Crippen LogP contribution in [-0.2, 0) is 0 Å². The Labute approximate surface area is 87.5 Å². The van der Waals surface area contributed by atoms with Crippen molar-refractivity contribution in [2.45, 2.75) is 38.5 Å². The second kappa shape index (κ2) is 3.63. The van der Waals surface area contributed by atoms with Gasteiger partial charge in [0.05, 0.1) is 0 Å². The number of hydrogen-bond acceptors (Lipinski definition) is 2. The minimum absolute atomic E-state index is 0.160. The average molecular weight is 220 g/mol. The number of hydrogen-bond donors (Lipinski definition) is 0. The minimum atomic E-state index is -4.37. The molecule has 1 heterocycles. The predicted octanol–water partition coefficient (Wildman–Crippen LogP) is 2.62. The molecule has 0 saturated carbocycles. The molecule has 0 bridgehead atoms. The van der Waals surface area contributed by atoms with Gasteiger partial charge in [-0.25, -0.2) is 0 Å². The van der Waals surface area contributed by atoms with E-state index in [1.54, 1.807) is 4.90 Å². The molecule has 1 rings (SSSR count). The third kappa shape index (κ3) is 2.40. The van der Waals surface area contributed by atoms with Gasteiger partial charge in [0.15, 0.2) is 0 Å². The molecule has 1 aliphatic rings. The lowest BCUT2D eigenvalue weighted by molar-refractivity contribution is -0.0607. The van der Waals surface area contributed by atoms with Crippen LogP contribution in [0.5, 0.6) is 0 Å². The van der Waals surface area contributed by atoms with Crippen LogP contribution < -0.4 is 0 Å². The molecule has 2 atom stereocenters. The Bertz CT molecular complexity index is 292. The monoisotopic (exact) mass is 220 g/mol. The fraction of sp³-hybridized carbons (Fsp3) is 0.700. The van der Waals surface area contributed by atoms with Crippen LogP contribution in [0.3, 0.4) is 0 Å². The van der Waals surface area contributed by atoms with Crippen LogP contribution in [-0.4, -0.2) is 34.9 Å². The van der Waals surface area contributed by atoms with Crippen LogP contribution in [0.4, 0.5) is 13.2 Å². The smallest absolute Gasteiger partial charge is 0.286 e. The molecule has 1 aliphatic heterocycles. The maximum atomic E-state index is 12.5. The summed E-state index contributed by atoms with van der Waals surface area (Å²) in [7, 11) is 0. The van der Waals surface area contributed by atoms with E-state index in [4.69, 9.17) is 0 Å². The van der Waals surface area contributed by atoms with E-state index >= 15 is 0 Å². The Morgan fingerprint density at radius 3 is 2.27 bits per heavy atom. The Balaban J connectivity index is 2.71. The second-order valence-electron chi connectivity index (χ2n) is 4.21. The first kappa shape index (κ1) is 12.2. The summed E-state index contributed by atoms with van der Waals surface area (Å²) in [5, 5.41) is 0. The summed E-state index contributed by atoms with van der Waals surface area (Å²) in [6.07, 6.45) is -3.43. The van der Waals surface area contributed by atoms with E-state index in [1.165, 1.54) is 0 Å². The van der Waals surface area contributed by atoms with E-state index in [0.29, 0.717) is 0 Å². The van der Waals surface area contributed by atoms with Crippen LogP contribution in [0.1, 0.15) is 20.8 Å². The highest BCUT2D eigenvalue weighted by Crippen LogP contribution is 2.40. The third-order valence-corrected chi connectivity index (χ3v) is 3.06. The van der Waals surface area contributed by atoms with E-state index in [-0.39, 0.29) is 18.1 Å². The molecule has 0 N–H and O–H groups in total. The molecule has 0 aromatic heterocycles. The third-order valence-electron chi connectivity index (χ3n) is 3.06. The molecule has 5 heteroatoms. The first-order valence-electron chi connectivity index (χ1n) is 4.72. The number of alkyl halides is 3. The highest BCUT2D eigenvalue weighted by Gasteiger charge is 2.54. The molecule has 0 spiro atoms. The van der Waals surface area contributed by atoms with Gasteiger partial charge in [-0.3, -0.25) is 9.89 Å². The number of aliphatic imine (C=N–C) groups is 1. The van der Waals surface area contributed by atoms with Gasteiger partial charge in [-0.15, -0.1) is 0 Å². The number of nitrogens with zero attached hydrogens (tertiary/aromatic N) is 2. The Morgan fingerprint density at radius 2 is 2.00 bits per heavy atom. The van der Waals surface area contributed by atoms with Crippen molar-refractivity contribution in [3.63, 3.8) is 0 Å². The summed E-state index contributed by atoms with van der Waals surface area (Å²) < 4.78 is 37.4. The zero-order chi connectivity index (χ0) is 11.9. The van der Waals surface area contributed by atoms with E-state index in [1.807, 2.05) is 20.8 Å². The summed E-state index contributed by atoms with van der Waals surface area (Å²) in [6, 6.07) is 0.162. The van der Waals surface area contributed by atoms with Crippen LogP contribution in [0, 0.1) is 0 Å². The summed E-state index contributed by atoms with van der Waals surface area (Å²) in [6.45, 7) is 8.77. The van der Waals surface area contributed by atoms with Crippen molar-refractivity contribution in [2.75, 3.05) is 6.54 Å². The normalized spacial score (nSPS) is 30.1. The van der Waals surface area contributed by atoms with Gasteiger partial charge in [0.25, 0.3) is 0 Å². The average Bonchev–Trinajstić information content (AvgIpc) is 2.52. The maximum Gasteiger partial charge on any atom is 0.430 e. The Hall–Kier alpha value is -0.840. The Kier molecular flexibility index (Phi) is 2.96. The summed E-state index contributed by atoms with van der Waals surface area (Å²) in [4.78, 5) is 5.04. The van der Waals surface area contributed by atoms with Crippen molar-refractivity contribution in [2.24, 2.45) is 4.99 Å². The standard InChI is InChI=1S/C10H15F3N2/c1-5-14-8(10(11,12)13)6-15-7(2)9(15,3)4/h5,7H,1,6H2,2-4H3/t7-,15?/m0/s1. The molecule has 1 fully saturated rings. The zero-order valence-corrected chi connectivity index (χ0v) is 9.10. The fourth-order valence-corrected chi connectivity index (χ4v) is 1.59. The van der Waals surface area contributed by atoms with Gasteiger partial charge in [-0.2, -0.15) is 13.2 Å². The van der Waals surface area contributed by atoms with E-state index in [9.17, 15) is 13.2 Å². The molecular weight excluding hydrogens is 205 g/mol. The van der Waals surface area contributed by atoms with Crippen molar-refractivity contribution >= 4 is 5.71 Å². The van der Waals surface area contributed by atoms with Crippen molar-refractivity contribution in [3.05, 3.63) is 12.8 Å². The van der Waals surface area contributed by atoms with Crippen molar-refractivity contribution in [1.29, 1.82) is 0 Å². The summed E-state index contributed by atoms with van der Waals surface area (Å²) in [5.41, 5.74) is -0.942. The molecular formula is C10H15F3N2. The van der Waals surface area contributed by atoms with Gasteiger partial charge in [-0.1, -0.05) is 6.58 Å². The van der Waals surface area contributed by atoms with Crippen molar-refractivity contribution in [1.82, 2.24) is 4.90 Å². The molecule has 1 unspecified atom stereocenters. The molecule has 2 nitrogen and oxygen atoms in total. The van der Waals surface area contributed by atoms with E-state index in [2.05, 4.69) is 11.6 Å². The first-order chi connectivity index (χ1) is 6.71. The van der Waals surface area contributed by atoms with E-state index < -0.39 is 11.9 Å². The van der Waals surface area contributed by atoms with Crippen molar-refractivity contribution < 1.29 is 13.2 Å². The van der Waals surface area contributed by atoms with Gasteiger partial charge in [-0.05, 0) is 20.8 Å². The van der Waals surface area contributed by atoms with Gasteiger partial charge < -0.3 is 0 Å². The highest BCUT2D eigenvalue weighted by molar-refractivity contribution is 5.92. The minimum Gasteiger partial charge on any atom is -0.286 e. The molecule has 0 aromatic carbocycles. The van der Waals surface area contributed by atoms with Crippen LogP contribution in [0.25, 0.3) is 0 Å². The molecule has 1 saturated heterocycles. The molecule has 0 aliphatic carbocycles. The summed E-state index contributed by atoms with van der Waals surface area (Å²) in [5.74, 6) is 0. The first-order valence-corrected chi connectivity index (χ1v) is 4.72. The summed E-state index contributed by atoms with van der Waals surface area (Å²) >= 11 is 0. The molecule has 0 amide bonds. The lowest BCUT2D eigenvalue weighted by Gasteiger charge is -2.12. The maximum absolute atomic E-state index is 12.5. The lowest BCUT2D eigenvalue weighted by atomic mass is 10.2. The van der Waals surface area contributed by atoms with E-state index in [0.717, 1.165) is 6.20 Å². The van der Waals surface area contributed by atoms with Gasteiger partial charge in [0.2, 0.25) is 0 Å². The quantitative estimate of drug-likeness (QED) is 0.527. The zero-order valence-electron chi connectivity index (χ0n) is 9.10. The van der Waals surface area contributed by atoms with Gasteiger partial charge in [0, 0.05) is 24.3 Å². The van der Waals surface area contributed by atoms with Gasteiger partial charge in [0.1, 0.15) is 5.71 Å². The SMILES string of the molecule is C=CN=C(CN1[C@@H](C)C1(C)C)C(F)(F)F. The van der Waals surface area contributed by atoms with Crippen LogP contribution in [0.2, 0.25) is 0 Å². The fourth-order valence-electron chi connectivity index (χ4n) is 1.59. The second-order valence-corrected chi connectivity index (χ2v) is 4.21. The van der Waals surface area contributed by atoms with Crippen LogP contribution >= 0.6 is 0 Å². The van der Waals surface area contributed by atoms with Crippen molar-refractivity contribution in [3.8, 4) is 0 Å². The molecule has 0 radical (unpaired) electrons. The predicted molar refractivity (Wildman–Crippen MR) is 53.9 cm³/mol. The number of rotatable bonds is 3. The molecule has 0 aromatic rings. The molecule has 86 valence electrons. The number of halogens is 3. The lowest BCUT2D eigenvalue weighted by Crippen LogP contribution is -2.31. The van der Waals surface area contributed by atoms with Gasteiger partial charge >= 0.3 is 6.18 Å². The topological polar surface area (TPSA) is 15.4 Å². The van der Waals surface area contributed by atoms with Crippen LogP contribution in [0.15, 0.2) is 17.8 Å². The highest BCUT2D eigenvalue weighted by atomic mass is 19.4. The largest absolute Gasteiger partial charge is 0.430 e. The Morgan fingerprint density at radius 1 is 1.53 bits per heavy atom.